The Morgan fingerprint density at radius 2 is 2.00 bits per heavy atom. The summed E-state index contributed by atoms with van der Waals surface area (Å²) >= 11 is 3.45. The van der Waals surface area contributed by atoms with Gasteiger partial charge in [-0.25, -0.2) is 4.79 Å². The van der Waals surface area contributed by atoms with Crippen LogP contribution in [0.25, 0.3) is 0 Å². The van der Waals surface area contributed by atoms with Gasteiger partial charge in [0.2, 0.25) is 0 Å². The Labute approximate surface area is 107 Å². The first-order valence-corrected chi connectivity index (χ1v) is 6.97. The molecular weight excluding hydrogens is 270 g/mol. The van der Waals surface area contributed by atoms with Gasteiger partial charge in [-0.15, -0.1) is 0 Å². The molecule has 0 heterocycles. The molecule has 0 atom stereocenters. The van der Waals surface area contributed by atoms with Gasteiger partial charge in [-0.05, 0) is 46.0 Å². The number of nitrogens with zero attached hydrogens (tertiary/aromatic N) is 1. The van der Waals surface area contributed by atoms with Gasteiger partial charge in [0, 0.05) is 18.4 Å². The van der Waals surface area contributed by atoms with Crippen LogP contribution in [0.15, 0.2) is 0 Å². The molecule has 1 aliphatic rings. The van der Waals surface area contributed by atoms with Gasteiger partial charge in [0.15, 0.2) is 0 Å². The maximum Gasteiger partial charge on any atom is 0.410 e. The van der Waals surface area contributed by atoms with E-state index in [-0.39, 0.29) is 6.09 Å². The average molecular weight is 292 g/mol. The summed E-state index contributed by atoms with van der Waals surface area (Å²) in [5.74, 6) is 0.772. The fraction of sp³-hybridized carbons (Fsp3) is 0.917. The highest BCUT2D eigenvalue weighted by molar-refractivity contribution is 9.09. The molecular formula is C12H22BrNO2. The molecule has 0 aromatic carbocycles. The molecule has 3 nitrogen and oxygen atoms in total. The van der Waals surface area contributed by atoms with Gasteiger partial charge in [0.25, 0.3) is 0 Å². The van der Waals surface area contributed by atoms with Crippen LogP contribution in [0.1, 0.15) is 40.0 Å². The molecule has 0 unspecified atom stereocenters. The quantitative estimate of drug-likeness (QED) is 0.746. The third-order valence-corrected chi connectivity index (χ3v) is 3.42. The van der Waals surface area contributed by atoms with Crippen molar-refractivity contribution in [3.63, 3.8) is 0 Å². The number of hydrogen-bond donors (Lipinski definition) is 0. The molecule has 94 valence electrons. The summed E-state index contributed by atoms with van der Waals surface area (Å²) in [4.78, 5) is 13.5. The SMILES string of the molecule is CN(C(=O)OC(C)(C)C)C1CC(CCBr)C1. The van der Waals surface area contributed by atoms with E-state index in [1.165, 1.54) is 6.42 Å². The third-order valence-electron chi connectivity index (χ3n) is 2.96. The smallest absolute Gasteiger partial charge is 0.410 e. The van der Waals surface area contributed by atoms with E-state index in [1.807, 2.05) is 27.8 Å². The van der Waals surface area contributed by atoms with Crippen LogP contribution in [0, 0.1) is 5.92 Å². The van der Waals surface area contributed by atoms with Crippen LogP contribution in [0.5, 0.6) is 0 Å². The van der Waals surface area contributed by atoms with Crippen molar-refractivity contribution in [2.45, 2.75) is 51.7 Å². The Morgan fingerprint density at radius 1 is 1.44 bits per heavy atom. The van der Waals surface area contributed by atoms with Gasteiger partial charge >= 0.3 is 6.09 Å². The number of carbonyl (C=O) groups excluding carboxylic acids is 1. The van der Waals surface area contributed by atoms with Crippen molar-refractivity contribution >= 4 is 22.0 Å². The second kappa shape index (κ2) is 5.39. The van der Waals surface area contributed by atoms with Crippen molar-refractivity contribution in [1.82, 2.24) is 4.90 Å². The summed E-state index contributed by atoms with van der Waals surface area (Å²) < 4.78 is 5.33. The number of alkyl halides is 1. The van der Waals surface area contributed by atoms with Crippen LogP contribution in [0.3, 0.4) is 0 Å². The number of halogens is 1. The number of ether oxygens (including phenoxy) is 1. The van der Waals surface area contributed by atoms with Gasteiger partial charge in [0.05, 0.1) is 0 Å². The van der Waals surface area contributed by atoms with Crippen LogP contribution < -0.4 is 0 Å². The fourth-order valence-corrected chi connectivity index (χ4v) is 2.54. The van der Waals surface area contributed by atoms with Crippen molar-refractivity contribution in [2.24, 2.45) is 5.92 Å². The Bertz CT molecular complexity index is 244. The van der Waals surface area contributed by atoms with Crippen molar-refractivity contribution in [3.8, 4) is 0 Å². The molecule has 0 radical (unpaired) electrons. The van der Waals surface area contributed by atoms with E-state index in [0.29, 0.717) is 6.04 Å². The standard InChI is InChI=1S/C12H22BrNO2/c1-12(2,3)16-11(15)14(4)10-7-9(8-10)5-6-13/h9-10H,5-8H2,1-4H3. The molecule has 0 saturated heterocycles. The molecule has 0 N–H and O–H groups in total. The minimum atomic E-state index is -0.398. The maximum absolute atomic E-state index is 11.8. The molecule has 1 rings (SSSR count). The molecule has 1 fully saturated rings. The zero-order valence-corrected chi connectivity index (χ0v) is 12.2. The highest BCUT2D eigenvalue weighted by atomic mass is 79.9. The predicted octanol–water partition coefficient (Wildman–Crippen LogP) is 3.42. The monoisotopic (exact) mass is 291 g/mol. The van der Waals surface area contributed by atoms with Crippen molar-refractivity contribution in [1.29, 1.82) is 0 Å². The topological polar surface area (TPSA) is 29.5 Å². The molecule has 0 aromatic rings. The first-order valence-electron chi connectivity index (χ1n) is 5.85. The molecule has 16 heavy (non-hydrogen) atoms. The van der Waals surface area contributed by atoms with Crippen molar-refractivity contribution < 1.29 is 9.53 Å². The normalized spacial score (nSPS) is 24.8. The Hall–Kier alpha value is -0.250. The van der Waals surface area contributed by atoms with Gasteiger partial charge < -0.3 is 9.64 Å². The molecule has 1 aliphatic carbocycles. The fourth-order valence-electron chi connectivity index (χ4n) is 1.89. The van der Waals surface area contributed by atoms with Crippen molar-refractivity contribution in [2.75, 3.05) is 12.4 Å². The summed E-state index contributed by atoms with van der Waals surface area (Å²) in [5, 5.41) is 1.06. The minimum absolute atomic E-state index is 0.199. The molecule has 0 aromatic heterocycles. The van der Waals surface area contributed by atoms with Gasteiger partial charge in [-0.3, -0.25) is 0 Å². The van der Waals surface area contributed by atoms with Crippen LogP contribution in [-0.4, -0.2) is 35.0 Å². The lowest BCUT2D eigenvalue weighted by molar-refractivity contribution is 0.00642. The minimum Gasteiger partial charge on any atom is -0.444 e. The molecule has 1 saturated carbocycles. The number of carbonyl (C=O) groups is 1. The molecule has 1 amide bonds. The van der Waals surface area contributed by atoms with E-state index in [0.717, 1.165) is 24.1 Å². The summed E-state index contributed by atoms with van der Waals surface area (Å²) in [6.07, 6.45) is 3.23. The second-order valence-corrected chi connectivity index (χ2v) is 6.35. The highest BCUT2D eigenvalue weighted by Gasteiger charge is 2.35. The van der Waals surface area contributed by atoms with Gasteiger partial charge in [-0.2, -0.15) is 0 Å². The molecule has 0 aliphatic heterocycles. The number of hydrogen-bond acceptors (Lipinski definition) is 2. The summed E-state index contributed by atoms with van der Waals surface area (Å²) in [6.45, 7) is 5.69. The van der Waals surface area contributed by atoms with E-state index >= 15 is 0 Å². The number of amides is 1. The highest BCUT2D eigenvalue weighted by Crippen LogP contribution is 2.34. The second-order valence-electron chi connectivity index (χ2n) is 5.56. The lowest BCUT2D eigenvalue weighted by Crippen LogP contribution is -2.47. The largest absolute Gasteiger partial charge is 0.444 e. The zero-order chi connectivity index (χ0) is 12.3. The zero-order valence-electron chi connectivity index (χ0n) is 10.6. The van der Waals surface area contributed by atoms with Crippen LogP contribution >= 0.6 is 15.9 Å². The van der Waals surface area contributed by atoms with E-state index in [1.54, 1.807) is 4.90 Å². The lowest BCUT2D eigenvalue weighted by Gasteiger charge is -2.41. The third kappa shape index (κ3) is 3.96. The van der Waals surface area contributed by atoms with Gasteiger partial charge in [0.1, 0.15) is 5.60 Å². The molecule has 4 heteroatoms. The first-order chi connectivity index (χ1) is 7.33. The maximum atomic E-state index is 11.8. The number of rotatable bonds is 3. The van der Waals surface area contributed by atoms with E-state index < -0.39 is 5.60 Å². The van der Waals surface area contributed by atoms with E-state index in [4.69, 9.17) is 4.74 Å². The van der Waals surface area contributed by atoms with Crippen molar-refractivity contribution in [3.05, 3.63) is 0 Å². The summed E-state index contributed by atoms with van der Waals surface area (Å²) in [5.41, 5.74) is -0.398. The lowest BCUT2D eigenvalue weighted by atomic mass is 9.78. The van der Waals surface area contributed by atoms with Crippen LogP contribution in [-0.2, 0) is 4.74 Å². The van der Waals surface area contributed by atoms with Crippen LogP contribution in [0.4, 0.5) is 4.79 Å². The summed E-state index contributed by atoms with van der Waals surface area (Å²) in [7, 11) is 1.84. The molecule has 0 bridgehead atoms. The Kier molecular flexibility index (Phi) is 4.65. The van der Waals surface area contributed by atoms with E-state index in [9.17, 15) is 4.79 Å². The first kappa shape index (κ1) is 13.8. The molecule has 0 spiro atoms. The predicted molar refractivity (Wildman–Crippen MR) is 68.9 cm³/mol. The Morgan fingerprint density at radius 3 is 2.44 bits per heavy atom. The Balaban J connectivity index is 2.31. The van der Waals surface area contributed by atoms with Gasteiger partial charge in [-0.1, -0.05) is 15.9 Å². The van der Waals surface area contributed by atoms with Crippen LogP contribution in [0.2, 0.25) is 0 Å². The summed E-state index contributed by atoms with van der Waals surface area (Å²) in [6, 6.07) is 0.374. The van der Waals surface area contributed by atoms with E-state index in [2.05, 4.69) is 15.9 Å². The average Bonchev–Trinajstić information content (AvgIpc) is 2.06.